The second kappa shape index (κ2) is 8.15. The van der Waals surface area contributed by atoms with E-state index in [4.69, 9.17) is 19.7 Å². The van der Waals surface area contributed by atoms with Crippen LogP contribution >= 0.6 is 11.3 Å². The Hall–Kier alpha value is -2.40. The number of nitrogens with one attached hydrogen (secondary N) is 1. The minimum absolute atomic E-state index is 0.360. The Labute approximate surface area is 167 Å². The second-order valence-electron chi connectivity index (χ2n) is 7.05. The first kappa shape index (κ1) is 21.3. The van der Waals surface area contributed by atoms with Gasteiger partial charge in [0, 0.05) is 36.0 Å². The van der Waals surface area contributed by atoms with Crippen LogP contribution in [0.15, 0.2) is 18.3 Å². The molecule has 1 atom stereocenters. The van der Waals surface area contributed by atoms with Crippen LogP contribution in [0.4, 0.5) is 19.0 Å². The molecule has 2 fully saturated rings. The van der Waals surface area contributed by atoms with E-state index in [-0.39, 0.29) is 0 Å². The van der Waals surface area contributed by atoms with E-state index in [0.29, 0.717) is 16.2 Å². The number of halogens is 3. The molecule has 2 aromatic heterocycles. The third-order valence-electron chi connectivity index (χ3n) is 5.26. The van der Waals surface area contributed by atoms with Crippen molar-refractivity contribution >= 4 is 39.2 Å². The molecule has 0 amide bonds. The van der Waals surface area contributed by atoms with Crippen LogP contribution in [0.25, 0.3) is 10.1 Å². The number of carboxylic acids is 2. The van der Waals surface area contributed by atoms with Gasteiger partial charge in [0.05, 0.1) is 0 Å². The minimum Gasteiger partial charge on any atom is -0.477 e. The molecule has 3 heterocycles. The quantitative estimate of drug-likeness (QED) is 0.673. The standard InChI is InChI=1S/C16H18N2O3S.C2HF3O2/c19-15(20)13-7-11-12(22-13)1-4-17-14(11)18-9-10-8-16(10)2-5-21-6-3-16;3-2(4,5)1(6)7/h1,4,7,10H,2-3,5-6,8-9H2,(H,17,18)(H,19,20);(H,6,7). The number of ether oxygens (including phenoxy) is 1. The number of aromatic carboxylic acids is 1. The summed E-state index contributed by atoms with van der Waals surface area (Å²) in [5, 5.41) is 20.6. The molecule has 0 bridgehead atoms. The molecule has 1 aliphatic carbocycles. The van der Waals surface area contributed by atoms with Crippen LogP contribution in [0, 0.1) is 11.3 Å². The number of anilines is 1. The molecule has 158 valence electrons. The van der Waals surface area contributed by atoms with Crippen LogP contribution < -0.4 is 5.32 Å². The predicted molar refractivity (Wildman–Crippen MR) is 99.4 cm³/mol. The highest BCUT2D eigenvalue weighted by Gasteiger charge is 2.53. The monoisotopic (exact) mass is 432 g/mol. The van der Waals surface area contributed by atoms with E-state index in [1.807, 2.05) is 6.07 Å². The third kappa shape index (κ3) is 4.96. The van der Waals surface area contributed by atoms with Crippen molar-refractivity contribution < 1.29 is 37.7 Å². The zero-order valence-corrected chi connectivity index (χ0v) is 16.0. The fourth-order valence-corrected chi connectivity index (χ4v) is 4.44. The Balaban J connectivity index is 0.000000298. The Morgan fingerprint density at radius 3 is 2.55 bits per heavy atom. The number of aliphatic carboxylic acids is 1. The number of hydrogen-bond donors (Lipinski definition) is 3. The second-order valence-corrected chi connectivity index (χ2v) is 8.13. The van der Waals surface area contributed by atoms with Gasteiger partial charge < -0.3 is 20.3 Å². The molecule has 0 aromatic carbocycles. The van der Waals surface area contributed by atoms with Gasteiger partial charge in [0.25, 0.3) is 0 Å². The average molecular weight is 432 g/mol. The van der Waals surface area contributed by atoms with Crippen molar-refractivity contribution in [1.29, 1.82) is 0 Å². The largest absolute Gasteiger partial charge is 0.490 e. The Bertz CT molecular complexity index is 909. The molecule has 4 rings (SSSR count). The molecule has 1 aliphatic heterocycles. The molecule has 7 nitrogen and oxygen atoms in total. The average Bonchev–Trinajstić information content (AvgIpc) is 3.12. The van der Waals surface area contributed by atoms with Crippen molar-refractivity contribution in [3.8, 4) is 0 Å². The highest BCUT2D eigenvalue weighted by atomic mass is 32.1. The van der Waals surface area contributed by atoms with Gasteiger partial charge in [-0.05, 0) is 42.7 Å². The van der Waals surface area contributed by atoms with E-state index < -0.39 is 18.1 Å². The van der Waals surface area contributed by atoms with Crippen molar-refractivity contribution in [2.75, 3.05) is 25.1 Å². The number of carbonyl (C=O) groups is 2. The Kier molecular flexibility index (Phi) is 5.99. The van der Waals surface area contributed by atoms with Gasteiger partial charge in [-0.1, -0.05) is 0 Å². The Morgan fingerprint density at radius 2 is 1.97 bits per heavy atom. The number of alkyl halides is 3. The van der Waals surface area contributed by atoms with E-state index in [2.05, 4.69) is 10.3 Å². The number of nitrogens with zero attached hydrogens (tertiary/aromatic N) is 1. The summed E-state index contributed by atoms with van der Waals surface area (Å²) in [4.78, 5) is 24.8. The van der Waals surface area contributed by atoms with Crippen molar-refractivity contribution in [2.45, 2.75) is 25.4 Å². The van der Waals surface area contributed by atoms with Gasteiger partial charge in [0.2, 0.25) is 0 Å². The van der Waals surface area contributed by atoms with Crippen molar-refractivity contribution in [3.05, 3.63) is 23.2 Å². The van der Waals surface area contributed by atoms with E-state index in [1.54, 1.807) is 12.3 Å². The zero-order chi connectivity index (χ0) is 21.2. The van der Waals surface area contributed by atoms with Crippen LogP contribution in [-0.2, 0) is 9.53 Å². The molecule has 11 heteroatoms. The lowest BCUT2D eigenvalue weighted by atomic mass is 9.94. The summed E-state index contributed by atoms with van der Waals surface area (Å²) < 4.78 is 38.2. The van der Waals surface area contributed by atoms with Crippen LogP contribution in [-0.4, -0.2) is 53.1 Å². The highest BCUT2D eigenvalue weighted by molar-refractivity contribution is 7.20. The molecule has 3 N–H and O–H groups in total. The lowest BCUT2D eigenvalue weighted by Gasteiger charge is -2.23. The smallest absolute Gasteiger partial charge is 0.477 e. The molecule has 29 heavy (non-hydrogen) atoms. The highest BCUT2D eigenvalue weighted by Crippen LogP contribution is 2.59. The summed E-state index contributed by atoms with van der Waals surface area (Å²) >= 11 is 1.29. The van der Waals surface area contributed by atoms with Crippen LogP contribution in [0.3, 0.4) is 0 Å². The molecular formula is C18H19F3N2O5S. The summed E-state index contributed by atoms with van der Waals surface area (Å²) in [6.45, 7) is 2.68. The number of hydrogen-bond acceptors (Lipinski definition) is 6. The molecule has 0 radical (unpaired) electrons. The summed E-state index contributed by atoms with van der Waals surface area (Å²) in [5.41, 5.74) is 0.486. The minimum atomic E-state index is -5.08. The first-order chi connectivity index (χ1) is 13.6. The summed E-state index contributed by atoms with van der Waals surface area (Å²) in [6.07, 6.45) is 0.254. The number of fused-ring (bicyclic) bond motifs is 1. The summed E-state index contributed by atoms with van der Waals surface area (Å²) in [5.74, 6) is -2.15. The molecular weight excluding hydrogens is 413 g/mol. The van der Waals surface area contributed by atoms with E-state index in [0.717, 1.165) is 35.7 Å². The molecule has 2 aromatic rings. The van der Waals surface area contributed by atoms with Crippen LogP contribution in [0.1, 0.15) is 28.9 Å². The first-order valence-corrected chi connectivity index (χ1v) is 9.68. The first-order valence-electron chi connectivity index (χ1n) is 8.86. The van der Waals surface area contributed by atoms with Crippen LogP contribution in [0.2, 0.25) is 0 Å². The maximum atomic E-state index is 11.1. The van der Waals surface area contributed by atoms with E-state index in [1.165, 1.54) is 30.6 Å². The molecule has 1 saturated heterocycles. The SMILES string of the molecule is O=C(O)C(F)(F)F.O=C(O)c1cc2c(NCC3CC34CCOCC4)nccc2s1. The zero-order valence-electron chi connectivity index (χ0n) is 15.2. The van der Waals surface area contributed by atoms with Crippen LogP contribution in [0.5, 0.6) is 0 Å². The number of rotatable bonds is 4. The molecule has 1 saturated carbocycles. The van der Waals surface area contributed by atoms with E-state index >= 15 is 0 Å². The van der Waals surface area contributed by atoms with Gasteiger partial charge in [0.1, 0.15) is 10.7 Å². The summed E-state index contributed by atoms with van der Waals surface area (Å²) in [6, 6.07) is 3.59. The topological polar surface area (TPSA) is 109 Å². The lowest BCUT2D eigenvalue weighted by molar-refractivity contribution is -0.192. The van der Waals surface area contributed by atoms with Crippen molar-refractivity contribution in [3.63, 3.8) is 0 Å². The number of carboxylic acid groups (broad SMARTS) is 2. The molecule has 1 unspecified atom stereocenters. The number of aromatic nitrogens is 1. The predicted octanol–water partition coefficient (Wildman–Crippen LogP) is 3.86. The van der Waals surface area contributed by atoms with Gasteiger partial charge >= 0.3 is 18.1 Å². The fourth-order valence-electron chi connectivity index (χ4n) is 3.54. The fraction of sp³-hybridized carbons (Fsp3) is 0.500. The normalized spacial score (nSPS) is 20.0. The maximum absolute atomic E-state index is 11.1. The molecule has 1 spiro atoms. The lowest BCUT2D eigenvalue weighted by Crippen LogP contribution is -2.21. The Morgan fingerprint density at radius 1 is 1.31 bits per heavy atom. The van der Waals surface area contributed by atoms with Gasteiger partial charge in [-0.15, -0.1) is 11.3 Å². The molecule has 2 aliphatic rings. The van der Waals surface area contributed by atoms with Gasteiger partial charge in [-0.2, -0.15) is 13.2 Å². The van der Waals surface area contributed by atoms with Crippen molar-refractivity contribution in [2.24, 2.45) is 11.3 Å². The number of thiophene rings is 1. The third-order valence-corrected chi connectivity index (χ3v) is 6.35. The van der Waals surface area contributed by atoms with Gasteiger partial charge in [-0.25, -0.2) is 14.6 Å². The summed E-state index contributed by atoms with van der Waals surface area (Å²) in [7, 11) is 0. The van der Waals surface area contributed by atoms with E-state index in [9.17, 15) is 18.0 Å². The van der Waals surface area contributed by atoms with Gasteiger partial charge in [-0.3, -0.25) is 0 Å². The maximum Gasteiger partial charge on any atom is 0.490 e. The van der Waals surface area contributed by atoms with Crippen molar-refractivity contribution in [1.82, 2.24) is 4.98 Å². The number of pyridine rings is 1. The van der Waals surface area contributed by atoms with Gasteiger partial charge in [0.15, 0.2) is 0 Å².